The summed E-state index contributed by atoms with van der Waals surface area (Å²) >= 11 is 5.63. The van der Waals surface area contributed by atoms with Crippen LogP contribution in [0.2, 0.25) is 5.15 Å². The fraction of sp³-hybridized carbons (Fsp3) is 0.250. The van der Waals surface area contributed by atoms with Gasteiger partial charge in [-0.1, -0.05) is 11.6 Å². The Morgan fingerprint density at radius 2 is 1.93 bits per heavy atom. The molecule has 0 aliphatic carbocycles. The van der Waals surface area contributed by atoms with E-state index in [1.165, 1.54) is 24.9 Å². The van der Waals surface area contributed by atoms with E-state index in [9.17, 15) is 9.59 Å². The zero-order valence-electron chi connectivity index (χ0n) is 8.06. The third-order valence-corrected chi connectivity index (χ3v) is 2.30. The smallest absolute Gasteiger partial charge is 0.279 e. The van der Waals surface area contributed by atoms with Crippen LogP contribution in [0.1, 0.15) is 0 Å². The maximum Gasteiger partial charge on any atom is 0.332 e. The lowest BCUT2D eigenvalue weighted by Crippen LogP contribution is -2.37. The van der Waals surface area contributed by atoms with Crippen molar-refractivity contribution in [2.45, 2.75) is 0 Å². The molecule has 0 N–H and O–H groups in total. The fourth-order valence-corrected chi connectivity index (χ4v) is 1.44. The average molecular weight is 227 g/mol. The second-order valence-corrected chi connectivity index (χ2v) is 3.46. The van der Waals surface area contributed by atoms with Crippen LogP contribution in [0.5, 0.6) is 0 Å². The Morgan fingerprint density at radius 3 is 2.60 bits per heavy atom. The summed E-state index contributed by atoms with van der Waals surface area (Å²) in [4.78, 5) is 30.9. The third kappa shape index (κ3) is 1.33. The van der Waals surface area contributed by atoms with Crippen molar-refractivity contribution < 1.29 is 0 Å². The molecule has 0 fully saturated rings. The molecule has 0 spiro atoms. The van der Waals surface area contributed by atoms with Crippen molar-refractivity contribution in [3.05, 3.63) is 32.2 Å². The highest BCUT2D eigenvalue weighted by Crippen LogP contribution is 2.05. The topological polar surface area (TPSA) is 69.8 Å². The molecule has 2 rings (SSSR count). The maximum absolute atomic E-state index is 11.6. The normalized spacial score (nSPS) is 10.9. The van der Waals surface area contributed by atoms with Gasteiger partial charge in [-0.25, -0.2) is 14.8 Å². The Bertz CT molecular complexity index is 658. The second kappa shape index (κ2) is 3.16. The summed E-state index contributed by atoms with van der Waals surface area (Å²) in [6.07, 6.45) is 1.29. The molecule has 15 heavy (non-hydrogen) atoms. The Balaban J connectivity index is 3.15. The first-order valence-electron chi connectivity index (χ1n) is 4.10. The Morgan fingerprint density at radius 1 is 1.27 bits per heavy atom. The quantitative estimate of drug-likeness (QED) is 0.617. The summed E-state index contributed by atoms with van der Waals surface area (Å²) < 4.78 is 2.22. The van der Waals surface area contributed by atoms with E-state index in [1.54, 1.807) is 0 Å². The molecule has 0 unspecified atom stereocenters. The van der Waals surface area contributed by atoms with Crippen LogP contribution >= 0.6 is 11.6 Å². The van der Waals surface area contributed by atoms with Crippen LogP contribution in [0.25, 0.3) is 11.2 Å². The minimum absolute atomic E-state index is 0.0899. The van der Waals surface area contributed by atoms with E-state index in [2.05, 4.69) is 9.97 Å². The standard InChI is InChI=1S/C8H7ClN4O2/c1-12-6-5(11-4(9)3-10-6)7(14)13(2)8(12)15/h3H,1-2H3. The first-order chi connectivity index (χ1) is 7.02. The molecule has 2 aromatic rings. The number of hydrogen-bond donors (Lipinski definition) is 0. The summed E-state index contributed by atoms with van der Waals surface area (Å²) in [5, 5.41) is 0.123. The highest BCUT2D eigenvalue weighted by molar-refractivity contribution is 6.29. The highest BCUT2D eigenvalue weighted by Gasteiger charge is 2.10. The van der Waals surface area contributed by atoms with Gasteiger partial charge in [0.25, 0.3) is 5.56 Å². The van der Waals surface area contributed by atoms with Crippen molar-refractivity contribution in [3.63, 3.8) is 0 Å². The molecule has 0 atom stereocenters. The Labute approximate surface area is 88.8 Å². The monoisotopic (exact) mass is 226 g/mol. The summed E-state index contributed by atoms with van der Waals surface area (Å²) in [7, 11) is 2.90. The molecular formula is C8H7ClN4O2. The molecule has 78 valence electrons. The number of hydrogen-bond acceptors (Lipinski definition) is 4. The summed E-state index contributed by atoms with van der Waals surface area (Å²) in [5.74, 6) is 0. The van der Waals surface area contributed by atoms with Gasteiger partial charge in [0.2, 0.25) is 0 Å². The molecule has 0 bridgehead atoms. The molecule has 0 aliphatic heterocycles. The number of halogens is 1. The van der Waals surface area contributed by atoms with Crippen LogP contribution in [0.15, 0.2) is 15.8 Å². The van der Waals surface area contributed by atoms with Crippen molar-refractivity contribution in [2.24, 2.45) is 14.1 Å². The Hall–Kier alpha value is -1.69. The zero-order valence-corrected chi connectivity index (χ0v) is 8.82. The molecule has 0 aliphatic rings. The zero-order chi connectivity index (χ0) is 11.2. The molecule has 0 saturated heterocycles. The van der Waals surface area contributed by atoms with Crippen molar-refractivity contribution >= 4 is 22.8 Å². The van der Waals surface area contributed by atoms with Crippen LogP contribution in [-0.2, 0) is 14.1 Å². The van der Waals surface area contributed by atoms with Gasteiger partial charge in [0.1, 0.15) is 5.15 Å². The van der Waals surface area contributed by atoms with E-state index in [1.807, 2.05) is 0 Å². The molecule has 0 aromatic carbocycles. The fourth-order valence-electron chi connectivity index (χ4n) is 1.31. The minimum Gasteiger partial charge on any atom is -0.279 e. The van der Waals surface area contributed by atoms with Crippen LogP contribution in [0.4, 0.5) is 0 Å². The number of nitrogens with zero attached hydrogens (tertiary/aromatic N) is 4. The first kappa shape index (κ1) is 9.85. The largest absolute Gasteiger partial charge is 0.332 e. The van der Waals surface area contributed by atoms with Crippen molar-refractivity contribution in [1.29, 1.82) is 0 Å². The summed E-state index contributed by atoms with van der Waals surface area (Å²) in [5.41, 5.74) is -0.619. The molecular weight excluding hydrogens is 220 g/mol. The van der Waals surface area contributed by atoms with Gasteiger partial charge >= 0.3 is 5.69 Å². The molecule has 0 radical (unpaired) electrons. The van der Waals surface area contributed by atoms with E-state index >= 15 is 0 Å². The van der Waals surface area contributed by atoms with Gasteiger partial charge in [0.15, 0.2) is 11.2 Å². The van der Waals surface area contributed by atoms with E-state index in [4.69, 9.17) is 11.6 Å². The SMILES string of the molecule is Cn1c(=O)c2nc(Cl)cnc2n(C)c1=O. The molecule has 0 saturated carbocycles. The molecule has 0 amide bonds. The second-order valence-electron chi connectivity index (χ2n) is 3.07. The summed E-state index contributed by atoms with van der Waals surface area (Å²) in [6.45, 7) is 0. The van der Waals surface area contributed by atoms with Crippen molar-refractivity contribution in [1.82, 2.24) is 19.1 Å². The van der Waals surface area contributed by atoms with E-state index in [-0.39, 0.29) is 16.3 Å². The van der Waals surface area contributed by atoms with Crippen LogP contribution in [-0.4, -0.2) is 19.1 Å². The van der Waals surface area contributed by atoms with Gasteiger partial charge in [0, 0.05) is 14.1 Å². The lowest BCUT2D eigenvalue weighted by Gasteiger charge is -2.04. The summed E-state index contributed by atoms with van der Waals surface area (Å²) in [6, 6.07) is 0. The van der Waals surface area contributed by atoms with Crippen LogP contribution in [0.3, 0.4) is 0 Å². The van der Waals surface area contributed by atoms with Gasteiger partial charge in [-0.15, -0.1) is 0 Å². The molecule has 6 nitrogen and oxygen atoms in total. The number of fused-ring (bicyclic) bond motifs is 1. The molecule has 7 heteroatoms. The van der Waals surface area contributed by atoms with Crippen molar-refractivity contribution in [3.8, 4) is 0 Å². The van der Waals surface area contributed by atoms with Crippen molar-refractivity contribution in [2.75, 3.05) is 0 Å². The maximum atomic E-state index is 11.6. The third-order valence-electron chi connectivity index (χ3n) is 2.12. The number of aromatic nitrogens is 4. The van der Waals surface area contributed by atoms with E-state index in [0.29, 0.717) is 0 Å². The number of rotatable bonds is 0. The highest BCUT2D eigenvalue weighted by atomic mass is 35.5. The van der Waals surface area contributed by atoms with Gasteiger partial charge in [-0.05, 0) is 0 Å². The lowest BCUT2D eigenvalue weighted by atomic mass is 10.5. The molecule has 2 aromatic heterocycles. The predicted molar refractivity (Wildman–Crippen MR) is 55.0 cm³/mol. The average Bonchev–Trinajstić information content (AvgIpc) is 2.23. The van der Waals surface area contributed by atoms with E-state index in [0.717, 1.165) is 4.57 Å². The van der Waals surface area contributed by atoms with E-state index < -0.39 is 11.2 Å². The lowest BCUT2D eigenvalue weighted by molar-refractivity contribution is 0.704. The molecule has 2 heterocycles. The Kier molecular flexibility index (Phi) is 2.08. The van der Waals surface area contributed by atoms with Gasteiger partial charge in [-0.2, -0.15) is 0 Å². The predicted octanol–water partition coefficient (Wildman–Crippen LogP) is -0.319. The minimum atomic E-state index is -0.497. The number of aryl methyl sites for hydroxylation is 1. The van der Waals surface area contributed by atoms with Gasteiger partial charge in [-0.3, -0.25) is 13.9 Å². The van der Waals surface area contributed by atoms with Gasteiger partial charge < -0.3 is 0 Å². The van der Waals surface area contributed by atoms with Crippen LogP contribution < -0.4 is 11.2 Å². The first-order valence-corrected chi connectivity index (χ1v) is 4.48. The van der Waals surface area contributed by atoms with Gasteiger partial charge in [0.05, 0.1) is 6.20 Å². The van der Waals surface area contributed by atoms with Crippen LogP contribution in [0, 0.1) is 0 Å².